The lowest BCUT2D eigenvalue weighted by Gasteiger charge is -2.23. The molecule has 19 heavy (non-hydrogen) atoms. The van der Waals surface area contributed by atoms with Crippen molar-refractivity contribution in [1.29, 1.82) is 0 Å². The molecule has 3 aliphatic rings. The number of ether oxygens (including phenoxy) is 1. The summed E-state index contributed by atoms with van der Waals surface area (Å²) in [5.41, 5.74) is 0.398. The van der Waals surface area contributed by atoms with E-state index in [9.17, 15) is 0 Å². The third kappa shape index (κ3) is 3.66. The molecule has 2 heterocycles. The van der Waals surface area contributed by atoms with Gasteiger partial charge in [0.05, 0.1) is 18.7 Å². The first kappa shape index (κ1) is 13.7. The lowest BCUT2D eigenvalue weighted by molar-refractivity contribution is 0.0844. The summed E-state index contributed by atoms with van der Waals surface area (Å²) in [7, 11) is 0. The Kier molecular flexibility index (Phi) is 3.82. The van der Waals surface area contributed by atoms with Crippen molar-refractivity contribution in [2.45, 2.75) is 63.9 Å². The van der Waals surface area contributed by atoms with Crippen molar-refractivity contribution in [3.8, 4) is 0 Å². The quantitative estimate of drug-likeness (QED) is 0.864. The highest BCUT2D eigenvalue weighted by atomic mass is 32.2. The van der Waals surface area contributed by atoms with Gasteiger partial charge >= 0.3 is 0 Å². The Balaban J connectivity index is 1.48. The Labute approximate surface area is 121 Å². The number of hydrogen-bond donors (Lipinski definition) is 1. The van der Waals surface area contributed by atoms with E-state index in [4.69, 9.17) is 9.73 Å². The molecular formula is C15H26N2OS. The van der Waals surface area contributed by atoms with Gasteiger partial charge in [-0.2, -0.15) is 0 Å². The molecule has 3 unspecified atom stereocenters. The molecule has 1 saturated heterocycles. The maximum atomic E-state index is 5.88. The second kappa shape index (κ2) is 5.28. The van der Waals surface area contributed by atoms with Gasteiger partial charge in [0.1, 0.15) is 0 Å². The molecular weight excluding hydrogens is 256 g/mol. The van der Waals surface area contributed by atoms with Gasteiger partial charge in [-0.05, 0) is 37.0 Å². The minimum atomic E-state index is 0.398. The molecule has 0 aromatic carbocycles. The Morgan fingerprint density at radius 1 is 1.32 bits per heavy atom. The number of amidine groups is 1. The van der Waals surface area contributed by atoms with E-state index in [-0.39, 0.29) is 0 Å². The fourth-order valence-electron chi connectivity index (χ4n) is 3.10. The highest BCUT2D eigenvalue weighted by molar-refractivity contribution is 8.14. The molecule has 3 atom stereocenters. The van der Waals surface area contributed by atoms with E-state index in [1.165, 1.54) is 19.3 Å². The summed E-state index contributed by atoms with van der Waals surface area (Å²) in [5.74, 6) is 0.817. The number of hydrogen-bond acceptors (Lipinski definition) is 4. The van der Waals surface area contributed by atoms with Gasteiger partial charge in [0.2, 0.25) is 0 Å². The fourth-order valence-corrected chi connectivity index (χ4v) is 4.52. The highest BCUT2D eigenvalue weighted by Gasteiger charge is 2.41. The van der Waals surface area contributed by atoms with E-state index >= 15 is 0 Å². The Morgan fingerprint density at radius 3 is 2.79 bits per heavy atom. The van der Waals surface area contributed by atoms with Crippen LogP contribution in [0.25, 0.3) is 0 Å². The van der Waals surface area contributed by atoms with Crippen LogP contribution in [0, 0.1) is 11.3 Å². The van der Waals surface area contributed by atoms with Crippen LogP contribution in [0.1, 0.15) is 46.5 Å². The monoisotopic (exact) mass is 282 g/mol. The second-order valence-corrected chi connectivity index (χ2v) is 8.65. The van der Waals surface area contributed by atoms with Crippen LogP contribution in [-0.4, -0.2) is 35.7 Å². The number of aliphatic imine (C=N–C) groups is 1. The van der Waals surface area contributed by atoms with Crippen LogP contribution < -0.4 is 5.32 Å². The molecule has 0 bridgehead atoms. The van der Waals surface area contributed by atoms with Gasteiger partial charge in [-0.1, -0.05) is 32.5 Å². The van der Waals surface area contributed by atoms with Crippen LogP contribution >= 0.6 is 11.8 Å². The molecule has 1 aliphatic carbocycles. The molecule has 0 radical (unpaired) electrons. The van der Waals surface area contributed by atoms with E-state index < -0.39 is 0 Å². The highest BCUT2D eigenvalue weighted by Crippen LogP contribution is 2.39. The SMILES string of the molecule is CC(C)(C)CC1CN=C(NC2CCOC2C2CC2)S1. The summed E-state index contributed by atoms with van der Waals surface area (Å²) >= 11 is 1.94. The average Bonchev–Trinajstić information content (AvgIpc) is 2.90. The minimum absolute atomic E-state index is 0.398. The second-order valence-electron chi connectivity index (χ2n) is 7.36. The van der Waals surface area contributed by atoms with Crippen LogP contribution in [0.4, 0.5) is 0 Å². The summed E-state index contributed by atoms with van der Waals surface area (Å²) in [6, 6.07) is 0.507. The van der Waals surface area contributed by atoms with E-state index in [1.807, 2.05) is 11.8 Å². The van der Waals surface area contributed by atoms with Gasteiger partial charge in [-0.15, -0.1) is 0 Å². The van der Waals surface area contributed by atoms with Gasteiger partial charge < -0.3 is 10.1 Å². The van der Waals surface area contributed by atoms with Crippen molar-refractivity contribution < 1.29 is 4.74 Å². The van der Waals surface area contributed by atoms with Crippen molar-refractivity contribution >= 4 is 16.9 Å². The summed E-state index contributed by atoms with van der Waals surface area (Å²) in [6.45, 7) is 8.83. The third-order valence-electron chi connectivity index (χ3n) is 4.09. The maximum Gasteiger partial charge on any atom is 0.157 e. The number of nitrogens with zero attached hydrogens (tertiary/aromatic N) is 1. The molecule has 1 N–H and O–H groups in total. The molecule has 0 aromatic rings. The van der Waals surface area contributed by atoms with Gasteiger partial charge in [0.15, 0.2) is 5.17 Å². The van der Waals surface area contributed by atoms with Crippen LogP contribution in [0.3, 0.4) is 0 Å². The minimum Gasteiger partial charge on any atom is -0.376 e. The first-order valence-corrected chi connectivity index (χ1v) is 8.48. The molecule has 3 nitrogen and oxygen atoms in total. The van der Waals surface area contributed by atoms with Crippen LogP contribution in [0.2, 0.25) is 0 Å². The van der Waals surface area contributed by atoms with Crippen molar-refractivity contribution in [3.63, 3.8) is 0 Å². The molecule has 0 aromatic heterocycles. The smallest absolute Gasteiger partial charge is 0.157 e. The zero-order chi connectivity index (χ0) is 13.5. The van der Waals surface area contributed by atoms with Crippen molar-refractivity contribution in [2.24, 2.45) is 16.3 Å². The molecule has 108 valence electrons. The van der Waals surface area contributed by atoms with Crippen LogP contribution in [0.5, 0.6) is 0 Å². The molecule has 4 heteroatoms. The summed E-state index contributed by atoms with van der Waals surface area (Å²) < 4.78 is 5.88. The normalized spacial score (nSPS) is 35.5. The van der Waals surface area contributed by atoms with Crippen LogP contribution in [0.15, 0.2) is 4.99 Å². The summed E-state index contributed by atoms with van der Waals surface area (Å²) in [6.07, 6.45) is 5.54. The molecule has 0 amide bonds. The lowest BCUT2D eigenvalue weighted by atomic mass is 9.90. The molecule has 1 saturated carbocycles. The fraction of sp³-hybridized carbons (Fsp3) is 0.933. The Hall–Kier alpha value is -0.220. The topological polar surface area (TPSA) is 33.6 Å². The first-order valence-electron chi connectivity index (χ1n) is 7.60. The van der Waals surface area contributed by atoms with Gasteiger partial charge in [-0.25, -0.2) is 0 Å². The number of thioether (sulfide) groups is 1. The third-order valence-corrected chi connectivity index (χ3v) is 5.21. The predicted octanol–water partition coefficient (Wildman–Crippen LogP) is 3.05. The zero-order valence-electron chi connectivity index (χ0n) is 12.3. The summed E-state index contributed by atoms with van der Waals surface area (Å²) in [4.78, 5) is 4.69. The van der Waals surface area contributed by atoms with Gasteiger partial charge in [-0.3, -0.25) is 4.99 Å². The largest absolute Gasteiger partial charge is 0.376 e. The molecule has 3 rings (SSSR count). The molecule has 2 aliphatic heterocycles. The van der Waals surface area contributed by atoms with Gasteiger partial charge in [0.25, 0.3) is 0 Å². The first-order chi connectivity index (χ1) is 9.01. The van der Waals surface area contributed by atoms with Crippen LogP contribution in [-0.2, 0) is 4.74 Å². The Morgan fingerprint density at radius 2 is 2.11 bits per heavy atom. The molecule has 0 spiro atoms. The van der Waals surface area contributed by atoms with E-state index in [1.54, 1.807) is 0 Å². The van der Waals surface area contributed by atoms with Crippen molar-refractivity contribution in [2.75, 3.05) is 13.2 Å². The lowest BCUT2D eigenvalue weighted by Crippen LogP contribution is -2.40. The standard InChI is InChI=1S/C15H26N2OS/c1-15(2,3)8-11-9-16-14(19-11)17-12-6-7-18-13(12)10-4-5-10/h10-13H,4-9H2,1-3H3,(H,16,17). The average molecular weight is 282 g/mol. The number of nitrogens with one attached hydrogen (secondary N) is 1. The summed E-state index contributed by atoms with van der Waals surface area (Å²) in [5, 5.41) is 5.47. The van der Waals surface area contributed by atoms with E-state index in [2.05, 4.69) is 26.1 Å². The maximum absolute atomic E-state index is 5.88. The van der Waals surface area contributed by atoms with Gasteiger partial charge in [0, 0.05) is 11.9 Å². The van der Waals surface area contributed by atoms with Crippen molar-refractivity contribution in [3.05, 3.63) is 0 Å². The predicted molar refractivity (Wildman–Crippen MR) is 81.8 cm³/mol. The van der Waals surface area contributed by atoms with E-state index in [0.717, 1.165) is 30.7 Å². The molecule has 2 fully saturated rings. The zero-order valence-corrected chi connectivity index (χ0v) is 13.1. The van der Waals surface area contributed by atoms with Crippen molar-refractivity contribution in [1.82, 2.24) is 5.32 Å². The van der Waals surface area contributed by atoms with E-state index in [0.29, 0.717) is 22.8 Å². The number of rotatable bonds is 3. The Bertz CT molecular complexity index is 360.